The lowest BCUT2D eigenvalue weighted by Crippen LogP contribution is -1.99. The fraction of sp³-hybridized carbons (Fsp3) is 0.647. The van der Waals surface area contributed by atoms with Gasteiger partial charge in [-0.1, -0.05) is 18.6 Å². The average Bonchev–Trinajstić information content (AvgIpc) is 2.52. The predicted molar refractivity (Wildman–Crippen MR) is 83.5 cm³/mol. The summed E-state index contributed by atoms with van der Waals surface area (Å²) < 4.78 is 11.2. The lowest BCUT2D eigenvalue weighted by atomic mass is 10.2. The lowest BCUT2D eigenvalue weighted by Gasteiger charge is -2.08. The maximum atomic E-state index is 8.68. The van der Waals surface area contributed by atoms with Crippen LogP contribution in [0.4, 0.5) is 0 Å². The van der Waals surface area contributed by atoms with Crippen molar-refractivity contribution in [1.82, 2.24) is 0 Å². The van der Waals surface area contributed by atoms with Crippen molar-refractivity contribution in [2.45, 2.75) is 45.1 Å². The minimum absolute atomic E-state index is 0.232. The molecule has 0 radical (unpaired) electrons. The fourth-order valence-corrected chi connectivity index (χ4v) is 1.95. The van der Waals surface area contributed by atoms with E-state index in [1.54, 1.807) is 0 Å². The Balaban J connectivity index is 2.09. The number of benzene rings is 1. The monoisotopic (exact) mass is 296 g/mol. The first kappa shape index (κ1) is 18.0. The SMILES string of the molecule is OCCCCCCOc1ccc(COCCCCO)cc1. The summed E-state index contributed by atoms with van der Waals surface area (Å²) in [6.45, 7) is 2.53. The number of aliphatic hydroxyl groups is 2. The first-order valence-corrected chi connectivity index (χ1v) is 7.88. The molecule has 0 aromatic heterocycles. The molecular weight excluding hydrogens is 268 g/mol. The zero-order valence-electron chi connectivity index (χ0n) is 12.8. The highest BCUT2D eigenvalue weighted by Gasteiger charge is 1.97. The van der Waals surface area contributed by atoms with Crippen LogP contribution in [-0.4, -0.2) is 36.6 Å². The highest BCUT2D eigenvalue weighted by atomic mass is 16.5. The molecule has 120 valence electrons. The average molecular weight is 296 g/mol. The quantitative estimate of drug-likeness (QED) is 0.550. The van der Waals surface area contributed by atoms with Crippen LogP contribution in [0.1, 0.15) is 44.1 Å². The molecule has 0 fully saturated rings. The van der Waals surface area contributed by atoms with Crippen molar-refractivity contribution < 1.29 is 19.7 Å². The Labute approximate surface area is 127 Å². The molecule has 0 saturated heterocycles. The van der Waals surface area contributed by atoms with E-state index in [1.807, 2.05) is 24.3 Å². The Morgan fingerprint density at radius 1 is 0.714 bits per heavy atom. The van der Waals surface area contributed by atoms with Crippen LogP contribution in [0.15, 0.2) is 24.3 Å². The van der Waals surface area contributed by atoms with Crippen LogP contribution in [0.2, 0.25) is 0 Å². The number of unbranched alkanes of at least 4 members (excludes halogenated alkanes) is 4. The Hall–Kier alpha value is -1.10. The molecule has 0 saturated carbocycles. The third-order valence-electron chi connectivity index (χ3n) is 3.21. The predicted octanol–water partition coefficient (Wildman–Crippen LogP) is 2.91. The zero-order chi connectivity index (χ0) is 15.2. The van der Waals surface area contributed by atoms with E-state index in [4.69, 9.17) is 19.7 Å². The van der Waals surface area contributed by atoms with Gasteiger partial charge in [0.2, 0.25) is 0 Å². The normalized spacial score (nSPS) is 10.8. The molecule has 1 aromatic rings. The number of hydrogen-bond donors (Lipinski definition) is 2. The minimum Gasteiger partial charge on any atom is -0.494 e. The number of ether oxygens (including phenoxy) is 2. The van der Waals surface area contributed by atoms with Crippen LogP contribution < -0.4 is 4.74 Å². The van der Waals surface area contributed by atoms with Crippen molar-refractivity contribution in [3.05, 3.63) is 29.8 Å². The third-order valence-corrected chi connectivity index (χ3v) is 3.21. The van der Waals surface area contributed by atoms with Gasteiger partial charge in [-0.2, -0.15) is 0 Å². The molecule has 4 heteroatoms. The second-order valence-corrected chi connectivity index (χ2v) is 5.11. The first-order valence-electron chi connectivity index (χ1n) is 7.88. The van der Waals surface area contributed by atoms with Gasteiger partial charge in [0.1, 0.15) is 5.75 Å². The summed E-state index contributed by atoms with van der Waals surface area (Å²) in [7, 11) is 0. The Bertz CT molecular complexity index is 337. The molecule has 0 aliphatic heterocycles. The van der Waals surface area contributed by atoms with E-state index >= 15 is 0 Å². The van der Waals surface area contributed by atoms with Gasteiger partial charge in [0, 0.05) is 19.8 Å². The molecule has 1 rings (SSSR count). The van der Waals surface area contributed by atoms with Gasteiger partial charge in [-0.15, -0.1) is 0 Å². The number of hydrogen-bond acceptors (Lipinski definition) is 4. The number of rotatable bonds is 13. The van der Waals surface area contributed by atoms with Gasteiger partial charge in [0.05, 0.1) is 13.2 Å². The van der Waals surface area contributed by atoms with Crippen LogP contribution >= 0.6 is 0 Å². The zero-order valence-corrected chi connectivity index (χ0v) is 12.8. The van der Waals surface area contributed by atoms with Crippen LogP contribution in [0.5, 0.6) is 5.75 Å². The summed E-state index contributed by atoms with van der Waals surface area (Å²) in [5.74, 6) is 0.890. The summed E-state index contributed by atoms with van der Waals surface area (Å²) in [5.41, 5.74) is 1.13. The van der Waals surface area contributed by atoms with Crippen molar-refractivity contribution >= 4 is 0 Å². The topological polar surface area (TPSA) is 58.9 Å². The summed E-state index contributed by atoms with van der Waals surface area (Å²) in [5, 5.41) is 17.3. The summed E-state index contributed by atoms with van der Waals surface area (Å²) in [6, 6.07) is 7.99. The van der Waals surface area contributed by atoms with Gasteiger partial charge in [-0.05, 0) is 49.8 Å². The van der Waals surface area contributed by atoms with Gasteiger partial charge in [-0.3, -0.25) is 0 Å². The van der Waals surface area contributed by atoms with E-state index in [1.165, 1.54) is 0 Å². The second kappa shape index (κ2) is 12.6. The summed E-state index contributed by atoms with van der Waals surface area (Å²) in [4.78, 5) is 0. The molecule has 0 spiro atoms. The van der Waals surface area contributed by atoms with E-state index in [-0.39, 0.29) is 13.2 Å². The highest BCUT2D eigenvalue weighted by Crippen LogP contribution is 2.14. The molecule has 0 heterocycles. The molecule has 21 heavy (non-hydrogen) atoms. The van der Waals surface area contributed by atoms with Crippen molar-refractivity contribution in [3.8, 4) is 5.75 Å². The van der Waals surface area contributed by atoms with Crippen LogP contribution in [-0.2, 0) is 11.3 Å². The maximum Gasteiger partial charge on any atom is 0.119 e. The molecule has 0 amide bonds. The lowest BCUT2D eigenvalue weighted by molar-refractivity contribution is 0.112. The van der Waals surface area contributed by atoms with Crippen molar-refractivity contribution in [2.75, 3.05) is 26.4 Å². The van der Waals surface area contributed by atoms with E-state index in [0.717, 1.165) is 56.4 Å². The molecule has 1 aromatic carbocycles. The van der Waals surface area contributed by atoms with Crippen molar-refractivity contribution in [2.24, 2.45) is 0 Å². The Kier molecular flexibility index (Phi) is 10.8. The highest BCUT2D eigenvalue weighted by molar-refractivity contribution is 5.26. The fourth-order valence-electron chi connectivity index (χ4n) is 1.95. The molecule has 0 atom stereocenters. The van der Waals surface area contributed by atoms with Crippen LogP contribution in [0, 0.1) is 0 Å². The summed E-state index contributed by atoms with van der Waals surface area (Å²) >= 11 is 0. The van der Waals surface area contributed by atoms with Gasteiger partial charge >= 0.3 is 0 Å². The van der Waals surface area contributed by atoms with Crippen LogP contribution in [0.3, 0.4) is 0 Å². The van der Waals surface area contributed by atoms with Gasteiger partial charge < -0.3 is 19.7 Å². The Morgan fingerprint density at radius 2 is 1.33 bits per heavy atom. The molecule has 4 nitrogen and oxygen atoms in total. The van der Waals surface area contributed by atoms with Crippen LogP contribution in [0.25, 0.3) is 0 Å². The minimum atomic E-state index is 0.232. The first-order chi connectivity index (χ1) is 10.4. The maximum absolute atomic E-state index is 8.68. The van der Waals surface area contributed by atoms with E-state index in [0.29, 0.717) is 13.2 Å². The molecule has 0 bridgehead atoms. The van der Waals surface area contributed by atoms with Gasteiger partial charge in [-0.25, -0.2) is 0 Å². The molecule has 0 aliphatic rings. The van der Waals surface area contributed by atoms with Gasteiger partial charge in [0.25, 0.3) is 0 Å². The van der Waals surface area contributed by atoms with E-state index in [2.05, 4.69) is 0 Å². The molecule has 2 N–H and O–H groups in total. The van der Waals surface area contributed by atoms with Crippen molar-refractivity contribution in [3.63, 3.8) is 0 Å². The van der Waals surface area contributed by atoms with Gasteiger partial charge in [0.15, 0.2) is 0 Å². The second-order valence-electron chi connectivity index (χ2n) is 5.11. The smallest absolute Gasteiger partial charge is 0.119 e. The van der Waals surface area contributed by atoms with Crippen molar-refractivity contribution in [1.29, 1.82) is 0 Å². The molecular formula is C17H28O4. The van der Waals surface area contributed by atoms with E-state index < -0.39 is 0 Å². The van der Waals surface area contributed by atoms with E-state index in [9.17, 15) is 0 Å². The number of aliphatic hydroxyl groups excluding tert-OH is 2. The standard InChI is InChI=1S/C17H28O4/c18-11-3-1-2-5-14-21-17-9-7-16(8-10-17)15-20-13-6-4-12-19/h7-10,18-19H,1-6,11-15H2. The summed E-state index contributed by atoms with van der Waals surface area (Å²) in [6.07, 6.45) is 5.76. The molecule has 0 unspecified atom stereocenters. The third kappa shape index (κ3) is 9.45. The molecule has 0 aliphatic carbocycles. The Morgan fingerprint density at radius 3 is 2.05 bits per heavy atom. The largest absolute Gasteiger partial charge is 0.494 e.